The minimum Gasteiger partial charge on any atom is -0.457 e. The number of para-hydroxylation sites is 1. The number of hydrogen-bond donors (Lipinski definition) is 1. The molecule has 35 heavy (non-hydrogen) atoms. The van der Waals surface area contributed by atoms with Gasteiger partial charge in [0.2, 0.25) is 0 Å². The van der Waals surface area contributed by atoms with Crippen LogP contribution in [0.25, 0.3) is 0 Å². The van der Waals surface area contributed by atoms with E-state index < -0.39 is 43.0 Å². The number of alkyl halides is 8. The van der Waals surface area contributed by atoms with Gasteiger partial charge in [0.15, 0.2) is 6.10 Å². The Hall–Kier alpha value is -3.34. The van der Waals surface area contributed by atoms with Gasteiger partial charge in [-0.2, -0.15) is 35.1 Å². The molecule has 1 N–H and O–H groups in total. The molecule has 0 radical (unpaired) electrons. The first kappa shape index (κ1) is 26.3. The summed E-state index contributed by atoms with van der Waals surface area (Å²) in [6.45, 7) is -1.50. The summed E-state index contributed by atoms with van der Waals surface area (Å²) in [6, 6.07) is 17.5. The molecule has 11 heteroatoms. The smallest absolute Gasteiger partial charge is 0.457 e. The summed E-state index contributed by atoms with van der Waals surface area (Å²) in [5.41, 5.74) is -1.34. The normalized spacial score (nSPS) is 13.4. The average molecular weight is 505 g/mol. The lowest BCUT2D eigenvalue weighted by Gasteiger charge is -2.29. The van der Waals surface area contributed by atoms with Crippen molar-refractivity contribution in [3.63, 3.8) is 0 Å². The Morgan fingerprint density at radius 1 is 0.743 bits per heavy atom. The highest BCUT2D eigenvalue weighted by atomic mass is 19.4. The summed E-state index contributed by atoms with van der Waals surface area (Å²) in [6.07, 6.45) is -13.6. The van der Waals surface area contributed by atoms with Gasteiger partial charge >= 0.3 is 18.3 Å². The van der Waals surface area contributed by atoms with Crippen LogP contribution in [0.2, 0.25) is 0 Å². The largest absolute Gasteiger partial charge is 0.458 e. The van der Waals surface area contributed by atoms with Gasteiger partial charge in [-0.15, -0.1) is 0 Å². The predicted octanol–water partition coefficient (Wildman–Crippen LogP) is 7.06. The topological polar surface area (TPSA) is 32.7 Å². The van der Waals surface area contributed by atoms with Crippen LogP contribution in [0.4, 0.5) is 40.8 Å². The highest BCUT2D eigenvalue weighted by Gasteiger charge is 2.58. The Morgan fingerprint density at radius 3 is 2.00 bits per heavy atom. The zero-order valence-electron chi connectivity index (χ0n) is 17.8. The highest BCUT2D eigenvalue weighted by molar-refractivity contribution is 5.52. The van der Waals surface area contributed by atoms with Gasteiger partial charge in [0.05, 0.1) is 6.54 Å². The van der Waals surface area contributed by atoms with E-state index in [4.69, 9.17) is 4.74 Å². The molecule has 3 nitrogen and oxygen atoms in total. The van der Waals surface area contributed by atoms with E-state index in [1.807, 2.05) is 0 Å². The first-order valence-electron chi connectivity index (χ1n) is 10.1. The highest BCUT2D eigenvalue weighted by Crippen LogP contribution is 2.44. The van der Waals surface area contributed by atoms with Crippen LogP contribution in [0.3, 0.4) is 0 Å². The maximum Gasteiger partial charge on any atom is 0.458 e. The summed E-state index contributed by atoms with van der Waals surface area (Å²) in [7, 11) is 0. The van der Waals surface area contributed by atoms with Gasteiger partial charge in [-0.25, -0.2) is 0 Å². The van der Waals surface area contributed by atoms with Crippen molar-refractivity contribution >= 4 is 5.69 Å². The molecule has 0 aliphatic carbocycles. The van der Waals surface area contributed by atoms with E-state index in [-0.39, 0.29) is 17.0 Å². The standard InChI is InChI=1S/C24H19F8NO2/c25-22(26,24(30,31)32)17-7-4-6-16(12-17)14-33(15-21(34)23(27,28)29)18-8-5-11-20(13-18)35-19-9-2-1-3-10-19/h1-13,21,34H,14-15H2. The molecule has 0 fully saturated rings. The van der Waals surface area contributed by atoms with Crippen molar-refractivity contribution in [3.05, 3.63) is 90.0 Å². The van der Waals surface area contributed by atoms with Crippen LogP contribution in [0.5, 0.6) is 11.5 Å². The Bertz CT molecular complexity index is 1120. The minimum atomic E-state index is -5.85. The molecule has 0 aliphatic heterocycles. The first-order valence-corrected chi connectivity index (χ1v) is 10.1. The number of aliphatic hydroxyl groups excluding tert-OH is 1. The molecule has 3 rings (SSSR count). The van der Waals surface area contributed by atoms with E-state index in [1.165, 1.54) is 30.3 Å². The third-order valence-corrected chi connectivity index (χ3v) is 4.95. The zero-order chi connectivity index (χ0) is 25.9. The Morgan fingerprint density at radius 2 is 1.37 bits per heavy atom. The molecule has 0 aromatic heterocycles. The third kappa shape index (κ3) is 6.62. The van der Waals surface area contributed by atoms with E-state index in [2.05, 4.69) is 0 Å². The number of benzene rings is 3. The SMILES string of the molecule is OC(CN(Cc1cccc(C(F)(F)C(F)(F)F)c1)c1cccc(Oc2ccccc2)c1)C(F)(F)F. The second-order valence-electron chi connectivity index (χ2n) is 7.62. The monoisotopic (exact) mass is 505 g/mol. The average Bonchev–Trinajstić information content (AvgIpc) is 2.78. The van der Waals surface area contributed by atoms with Crippen LogP contribution in [-0.4, -0.2) is 30.1 Å². The number of rotatable bonds is 8. The third-order valence-electron chi connectivity index (χ3n) is 4.95. The first-order chi connectivity index (χ1) is 16.3. The van der Waals surface area contributed by atoms with Crippen LogP contribution in [0, 0.1) is 0 Å². The van der Waals surface area contributed by atoms with Crippen LogP contribution >= 0.6 is 0 Å². The molecule has 0 heterocycles. The maximum atomic E-state index is 13.8. The number of nitrogens with zero attached hydrogens (tertiary/aromatic N) is 1. The number of halogens is 8. The molecular weight excluding hydrogens is 486 g/mol. The predicted molar refractivity (Wildman–Crippen MR) is 112 cm³/mol. The lowest BCUT2D eigenvalue weighted by molar-refractivity contribution is -0.289. The molecule has 0 aliphatic rings. The van der Waals surface area contributed by atoms with E-state index in [0.29, 0.717) is 17.9 Å². The molecule has 188 valence electrons. The van der Waals surface area contributed by atoms with Gasteiger partial charge in [-0.05, 0) is 35.9 Å². The van der Waals surface area contributed by atoms with Crippen LogP contribution in [0.1, 0.15) is 11.1 Å². The van der Waals surface area contributed by atoms with E-state index in [1.54, 1.807) is 30.3 Å². The van der Waals surface area contributed by atoms with E-state index >= 15 is 0 Å². The van der Waals surface area contributed by atoms with Crippen molar-refractivity contribution in [2.45, 2.75) is 30.9 Å². The lowest BCUT2D eigenvalue weighted by atomic mass is 10.0. The second kappa shape index (κ2) is 10.1. The lowest BCUT2D eigenvalue weighted by Crippen LogP contribution is -2.41. The van der Waals surface area contributed by atoms with E-state index in [0.717, 1.165) is 11.0 Å². The van der Waals surface area contributed by atoms with Crippen molar-refractivity contribution in [3.8, 4) is 11.5 Å². The number of anilines is 1. The van der Waals surface area contributed by atoms with Gasteiger partial charge in [-0.3, -0.25) is 0 Å². The molecule has 3 aromatic carbocycles. The molecule has 0 saturated heterocycles. The van der Waals surface area contributed by atoms with Gasteiger partial charge in [0.1, 0.15) is 11.5 Å². The van der Waals surface area contributed by atoms with Crippen LogP contribution < -0.4 is 9.64 Å². The van der Waals surface area contributed by atoms with E-state index in [9.17, 15) is 40.2 Å². The molecule has 0 saturated carbocycles. The van der Waals surface area contributed by atoms with Crippen molar-refractivity contribution in [1.82, 2.24) is 0 Å². The molecule has 1 unspecified atom stereocenters. The van der Waals surface area contributed by atoms with Gasteiger partial charge in [0, 0.05) is 23.9 Å². The summed E-state index contributed by atoms with van der Waals surface area (Å²) < 4.78 is 111. The fourth-order valence-electron chi connectivity index (χ4n) is 3.19. The van der Waals surface area contributed by atoms with Gasteiger partial charge in [0.25, 0.3) is 0 Å². The fourth-order valence-corrected chi connectivity index (χ4v) is 3.19. The van der Waals surface area contributed by atoms with Crippen molar-refractivity contribution in [2.75, 3.05) is 11.4 Å². The summed E-state index contributed by atoms with van der Waals surface area (Å²) in [5, 5.41) is 9.62. The second-order valence-corrected chi connectivity index (χ2v) is 7.62. The zero-order valence-corrected chi connectivity index (χ0v) is 17.8. The van der Waals surface area contributed by atoms with Crippen LogP contribution in [0.15, 0.2) is 78.9 Å². The molecule has 0 bridgehead atoms. The summed E-state index contributed by atoms with van der Waals surface area (Å²) >= 11 is 0. The number of hydrogen-bond acceptors (Lipinski definition) is 3. The summed E-state index contributed by atoms with van der Waals surface area (Å²) in [5.74, 6) is -4.48. The molecular formula is C24H19F8NO2. The Kier molecular flexibility index (Phi) is 7.59. The molecule has 0 spiro atoms. The fraction of sp³-hybridized carbons (Fsp3) is 0.250. The van der Waals surface area contributed by atoms with Gasteiger partial charge < -0.3 is 14.7 Å². The Balaban J connectivity index is 1.93. The van der Waals surface area contributed by atoms with Crippen molar-refractivity contribution in [2.24, 2.45) is 0 Å². The molecule has 3 aromatic rings. The summed E-state index contributed by atoms with van der Waals surface area (Å²) in [4.78, 5) is 1.01. The molecule has 0 amide bonds. The quantitative estimate of drug-likeness (QED) is 0.333. The van der Waals surface area contributed by atoms with Gasteiger partial charge in [-0.1, -0.05) is 42.5 Å². The molecule has 1 atom stereocenters. The maximum absolute atomic E-state index is 13.8. The van der Waals surface area contributed by atoms with Crippen molar-refractivity contribution in [1.29, 1.82) is 0 Å². The van der Waals surface area contributed by atoms with Crippen molar-refractivity contribution < 1.29 is 45.0 Å². The number of aliphatic hydroxyl groups is 1. The van der Waals surface area contributed by atoms with Crippen LogP contribution in [-0.2, 0) is 12.5 Å². The number of ether oxygens (including phenoxy) is 1. The minimum absolute atomic E-state index is 0.116. The Labute approximate surface area is 195 Å².